The van der Waals surface area contributed by atoms with Crippen LogP contribution in [0.25, 0.3) is 27.4 Å². The lowest BCUT2D eigenvalue weighted by atomic mass is 9.54. The molecule has 7 atom stereocenters. The average Bonchev–Trinajstić information content (AvgIpc) is 3.61. The van der Waals surface area contributed by atoms with Crippen molar-refractivity contribution >= 4 is 27.4 Å². The molecule has 1 aliphatic carbocycles. The lowest BCUT2D eigenvalue weighted by molar-refractivity contribution is -0.145. The number of aliphatic hydroxyl groups is 1. The quantitative estimate of drug-likeness (QED) is 0.301. The SMILES string of the molecule is Oc1ccc2[nH]c3c(C4=C[C@@]5(O)CC/C=C\CCCCN6CC[C@@H]4[C@@]4(C6)C[C@@]67CC[C@H](CCCN6[C@H]45)O7)nccc3c2c1. The van der Waals surface area contributed by atoms with Crippen molar-refractivity contribution in [1.82, 2.24) is 19.8 Å². The largest absolute Gasteiger partial charge is 0.508 e. The summed E-state index contributed by atoms with van der Waals surface area (Å²) >= 11 is 0. The van der Waals surface area contributed by atoms with Crippen LogP contribution in [0.5, 0.6) is 5.75 Å². The second-order valence-corrected chi connectivity index (χ2v) is 14.5. The summed E-state index contributed by atoms with van der Waals surface area (Å²) in [6.07, 6.45) is 20.9. The predicted molar refractivity (Wildman–Crippen MR) is 169 cm³/mol. The van der Waals surface area contributed by atoms with Gasteiger partial charge in [0.15, 0.2) is 0 Å². The fourth-order valence-electron chi connectivity index (χ4n) is 10.6. The van der Waals surface area contributed by atoms with Gasteiger partial charge in [0.25, 0.3) is 0 Å². The molecule has 7 nitrogen and oxygen atoms in total. The molecule has 4 fully saturated rings. The van der Waals surface area contributed by atoms with Gasteiger partial charge in [-0.15, -0.1) is 0 Å². The Labute approximate surface area is 253 Å². The highest BCUT2D eigenvalue weighted by Crippen LogP contribution is 2.66. The smallest absolute Gasteiger partial charge is 0.123 e. The van der Waals surface area contributed by atoms with Crippen molar-refractivity contribution in [2.45, 2.75) is 94.1 Å². The molecule has 0 amide bonds. The van der Waals surface area contributed by atoms with Crippen molar-refractivity contribution in [3.63, 3.8) is 0 Å². The molecule has 2 aromatic heterocycles. The Bertz CT molecular complexity index is 1650. The minimum absolute atomic E-state index is 0.0291. The number of fused-ring (bicyclic) bond motifs is 5. The van der Waals surface area contributed by atoms with E-state index in [1.54, 1.807) is 6.07 Å². The number of benzene rings is 1. The van der Waals surface area contributed by atoms with E-state index in [-0.39, 0.29) is 28.8 Å². The van der Waals surface area contributed by atoms with E-state index in [1.807, 2.05) is 18.3 Å². The molecule has 9 rings (SSSR count). The molecule has 43 heavy (non-hydrogen) atoms. The van der Waals surface area contributed by atoms with Crippen LogP contribution >= 0.6 is 0 Å². The molecule has 7 heteroatoms. The van der Waals surface area contributed by atoms with E-state index in [9.17, 15) is 10.2 Å². The summed E-state index contributed by atoms with van der Waals surface area (Å²) in [6.45, 7) is 4.23. The number of rotatable bonds is 1. The van der Waals surface area contributed by atoms with E-state index in [1.165, 1.54) is 18.4 Å². The maximum absolute atomic E-state index is 13.2. The van der Waals surface area contributed by atoms with Gasteiger partial charge in [0.1, 0.15) is 11.5 Å². The number of aromatic amines is 1. The van der Waals surface area contributed by atoms with E-state index in [0.29, 0.717) is 12.5 Å². The van der Waals surface area contributed by atoms with Gasteiger partial charge in [-0.25, -0.2) is 0 Å². The van der Waals surface area contributed by atoms with Crippen LogP contribution in [0.15, 0.2) is 48.7 Å². The second kappa shape index (κ2) is 9.64. The molecule has 3 aromatic rings. The summed E-state index contributed by atoms with van der Waals surface area (Å²) in [7, 11) is 0. The number of nitrogens with one attached hydrogen (secondary N) is 1. The summed E-state index contributed by atoms with van der Waals surface area (Å²) in [4.78, 5) is 14.2. The Balaban J connectivity index is 1.27. The standard InChI is InChI=1S/C36H44N4O3/c41-24-9-10-30-27(20-24)26-12-16-37-31(32(26)38-30)28-21-35(42)14-5-3-1-2-4-6-17-39-19-13-29(28)34(23-39)22-36-15-11-25(43-36)8-7-18-40(36)33(34)35/h1,3,9-10,12,16,20-21,25,29,33,38,41-42H,2,4-8,11,13-15,17-19,22-23H2/b3-1-/t25-,29-,33+,34-,35-,36-/m0/s1. The number of allylic oxidation sites excluding steroid dienone is 3. The molecule has 7 heterocycles. The first-order chi connectivity index (χ1) is 21.0. The highest BCUT2D eigenvalue weighted by molar-refractivity contribution is 6.10. The fourth-order valence-corrected chi connectivity index (χ4v) is 10.6. The maximum atomic E-state index is 13.2. The molecule has 2 spiro atoms. The second-order valence-electron chi connectivity index (χ2n) is 14.5. The number of phenols is 1. The Morgan fingerprint density at radius 2 is 1.88 bits per heavy atom. The van der Waals surface area contributed by atoms with Gasteiger partial charge in [-0.2, -0.15) is 0 Å². The zero-order valence-electron chi connectivity index (χ0n) is 25.1. The normalized spacial score (nSPS) is 40.3. The fraction of sp³-hybridized carbons (Fsp3) is 0.583. The molecular formula is C36H44N4O3. The minimum atomic E-state index is -0.989. The summed E-state index contributed by atoms with van der Waals surface area (Å²) in [5, 5.41) is 25.6. The summed E-state index contributed by atoms with van der Waals surface area (Å²) < 4.78 is 7.07. The van der Waals surface area contributed by atoms with Gasteiger partial charge < -0.3 is 24.8 Å². The highest BCUT2D eigenvalue weighted by Gasteiger charge is 2.71. The number of piperidine rings is 1. The Kier molecular flexibility index (Phi) is 5.98. The van der Waals surface area contributed by atoms with Crippen molar-refractivity contribution < 1.29 is 14.9 Å². The third-order valence-electron chi connectivity index (χ3n) is 12.1. The van der Waals surface area contributed by atoms with Crippen molar-refractivity contribution in [3.8, 4) is 5.75 Å². The highest BCUT2D eigenvalue weighted by atomic mass is 16.5. The number of aromatic nitrogens is 2. The number of nitrogens with zero attached hydrogens (tertiary/aromatic N) is 3. The number of phenolic OH excluding ortho intramolecular Hbond substituents is 1. The van der Waals surface area contributed by atoms with E-state index in [2.05, 4.69) is 39.1 Å². The molecule has 226 valence electrons. The first-order valence-electron chi connectivity index (χ1n) is 16.8. The van der Waals surface area contributed by atoms with Crippen molar-refractivity contribution in [2.75, 3.05) is 26.2 Å². The van der Waals surface area contributed by atoms with Crippen LogP contribution in [0.3, 0.4) is 0 Å². The average molecular weight is 581 g/mol. The summed E-state index contributed by atoms with van der Waals surface area (Å²) in [6, 6.07) is 7.62. The van der Waals surface area contributed by atoms with Crippen LogP contribution in [-0.2, 0) is 4.74 Å². The summed E-state index contributed by atoms with van der Waals surface area (Å²) in [5.74, 6) is 0.557. The number of hydrogen-bond donors (Lipinski definition) is 3. The topological polar surface area (TPSA) is 84.9 Å². The molecular weight excluding hydrogens is 536 g/mol. The molecule has 0 radical (unpaired) electrons. The molecule has 5 aliphatic heterocycles. The van der Waals surface area contributed by atoms with E-state index < -0.39 is 5.60 Å². The Hall–Kier alpha value is -2.71. The molecule has 0 saturated carbocycles. The lowest BCUT2D eigenvalue weighted by Crippen LogP contribution is -2.66. The third kappa shape index (κ3) is 3.90. The summed E-state index contributed by atoms with van der Waals surface area (Å²) in [5.41, 5.74) is 2.81. The van der Waals surface area contributed by atoms with Crippen LogP contribution in [0, 0.1) is 11.3 Å². The number of ether oxygens (including phenoxy) is 1. The number of H-pyrrole nitrogens is 1. The van der Waals surface area contributed by atoms with Crippen molar-refractivity contribution in [3.05, 3.63) is 54.4 Å². The molecule has 1 aromatic carbocycles. The van der Waals surface area contributed by atoms with Crippen LogP contribution < -0.4 is 0 Å². The number of pyridine rings is 1. The molecule has 6 aliphatic rings. The molecule has 4 saturated heterocycles. The molecule has 1 unspecified atom stereocenters. The molecule has 3 N–H and O–H groups in total. The predicted octanol–water partition coefficient (Wildman–Crippen LogP) is 6.12. The first kappa shape index (κ1) is 26.7. The van der Waals surface area contributed by atoms with Gasteiger partial charge in [0.05, 0.1) is 29.0 Å². The third-order valence-corrected chi connectivity index (χ3v) is 12.1. The van der Waals surface area contributed by atoms with Crippen LogP contribution in [-0.4, -0.2) is 79.6 Å². The molecule has 5 bridgehead atoms. The van der Waals surface area contributed by atoms with Gasteiger partial charge in [0.2, 0.25) is 0 Å². The van der Waals surface area contributed by atoms with Gasteiger partial charge in [-0.3, -0.25) is 9.88 Å². The maximum Gasteiger partial charge on any atom is 0.123 e. The zero-order valence-corrected chi connectivity index (χ0v) is 25.1. The van der Waals surface area contributed by atoms with Crippen molar-refractivity contribution in [1.29, 1.82) is 0 Å². The van der Waals surface area contributed by atoms with E-state index in [4.69, 9.17) is 9.72 Å². The van der Waals surface area contributed by atoms with Crippen LogP contribution in [0.4, 0.5) is 0 Å². The number of aromatic hydroxyl groups is 1. The van der Waals surface area contributed by atoms with Crippen molar-refractivity contribution in [2.24, 2.45) is 11.3 Å². The monoisotopic (exact) mass is 580 g/mol. The zero-order chi connectivity index (χ0) is 28.8. The Morgan fingerprint density at radius 3 is 2.84 bits per heavy atom. The first-order valence-corrected chi connectivity index (χ1v) is 16.8. The lowest BCUT2D eigenvalue weighted by Gasteiger charge is -2.58. The van der Waals surface area contributed by atoms with Crippen LogP contribution in [0.2, 0.25) is 0 Å². The van der Waals surface area contributed by atoms with Gasteiger partial charge in [0, 0.05) is 41.0 Å². The van der Waals surface area contributed by atoms with E-state index >= 15 is 0 Å². The van der Waals surface area contributed by atoms with Gasteiger partial charge in [-0.05, 0) is 126 Å². The van der Waals surface area contributed by atoms with E-state index in [0.717, 1.165) is 105 Å². The number of hydrogen-bond acceptors (Lipinski definition) is 6. The van der Waals surface area contributed by atoms with Crippen LogP contribution in [0.1, 0.15) is 76.3 Å². The minimum Gasteiger partial charge on any atom is -0.508 e. The Morgan fingerprint density at radius 1 is 0.953 bits per heavy atom. The van der Waals surface area contributed by atoms with Gasteiger partial charge >= 0.3 is 0 Å². The van der Waals surface area contributed by atoms with Gasteiger partial charge in [-0.1, -0.05) is 12.2 Å².